The summed E-state index contributed by atoms with van der Waals surface area (Å²) in [5.74, 6) is -0.941. The molecule has 4 rings (SSSR count). The van der Waals surface area contributed by atoms with E-state index in [1.807, 2.05) is 13.0 Å². The van der Waals surface area contributed by atoms with Crippen molar-refractivity contribution in [3.63, 3.8) is 0 Å². The number of hydrogen-bond acceptors (Lipinski definition) is 5. The van der Waals surface area contributed by atoms with Crippen molar-refractivity contribution in [3.05, 3.63) is 70.2 Å². The van der Waals surface area contributed by atoms with Crippen molar-refractivity contribution in [3.8, 4) is 0 Å². The molecule has 3 aliphatic heterocycles. The van der Waals surface area contributed by atoms with E-state index in [4.69, 9.17) is 10.5 Å². The van der Waals surface area contributed by atoms with Crippen LogP contribution in [0.1, 0.15) is 25.0 Å². The lowest BCUT2D eigenvalue weighted by Crippen LogP contribution is -2.49. The Morgan fingerprint density at radius 1 is 1.24 bits per heavy atom. The predicted molar refractivity (Wildman–Crippen MR) is 113 cm³/mol. The van der Waals surface area contributed by atoms with Crippen molar-refractivity contribution in [1.82, 2.24) is 9.21 Å². The molecule has 1 fully saturated rings. The van der Waals surface area contributed by atoms with E-state index in [1.54, 1.807) is 11.9 Å². The third kappa shape index (κ3) is 4.34. The molecule has 3 atom stereocenters. The summed E-state index contributed by atoms with van der Waals surface area (Å²) in [5, 5.41) is 0. The van der Waals surface area contributed by atoms with E-state index >= 15 is 0 Å². The molecule has 1 aromatic rings. The summed E-state index contributed by atoms with van der Waals surface area (Å²) in [6.45, 7) is 10.1. The normalized spacial score (nSPS) is 28.8. The number of halogens is 2. The summed E-state index contributed by atoms with van der Waals surface area (Å²) >= 11 is 1.75. The monoisotopic (exact) mass is 419 g/mol. The zero-order valence-electron chi connectivity index (χ0n) is 16.6. The van der Waals surface area contributed by atoms with Gasteiger partial charge in [0.25, 0.3) is 0 Å². The van der Waals surface area contributed by atoms with Gasteiger partial charge in [0.1, 0.15) is 17.7 Å². The molecular weight excluding hydrogens is 392 g/mol. The van der Waals surface area contributed by atoms with Crippen LogP contribution in [0, 0.1) is 11.6 Å². The summed E-state index contributed by atoms with van der Waals surface area (Å²) in [7, 11) is 0. The van der Waals surface area contributed by atoms with Crippen LogP contribution in [0.25, 0.3) is 0 Å². The molecule has 0 aliphatic carbocycles. The Hall–Kier alpha value is -1.51. The average molecular weight is 420 g/mol. The maximum absolute atomic E-state index is 14.1. The lowest BCUT2D eigenvalue weighted by atomic mass is 9.93. The summed E-state index contributed by atoms with van der Waals surface area (Å²) in [6.07, 6.45) is 4.07. The summed E-state index contributed by atoms with van der Waals surface area (Å²) in [5.41, 5.74) is 9.50. The fourth-order valence-corrected chi connectivity index (χ4v) is 5.33. The summed E-state index contributed by atoms with van der Waals surface area (Å²) < 4.78 is 36.0. The van der Waals surface area contributed by atoms with Crippen LogP contribution in [-0.4, -0.2) is 54.1 Å². The van der Waals surface area contributed by atoms with Gasteiger partial charge in [0.2, 0.25) is 0 Å². The maximum Gasteiger partial charge on any atom is 0.129 e. The van der Waals surface area contributed by atoms with Crippen LogP contribution in [0.2, 0.25) is 0 Å². The number of rotatable bonds is 5. The van der Waals surface area contributed by atoms with Gasteiger partial charge in [-0.15, -0.1) is 0 Å². The molecule has 3 heterocycles. The van der Waals surface area contributed by atoms with E-state index in [0.29, 0.717) is 13.0 Å². The van der Waals surface area contributed by atoms with Crippen LogP contribution in [0.4, 0.5) is 8.78 Å². The second kappa shape index (κ2) is 8.70. The van der Waals surface area contributed by atoms with Crippen LogP contribution in [0.5, 0.6) is 0 Å². The first-order valence-corrected chi connectivity index (χ1v) is 10.7. The Bertz CT molecular complexity index is 838. The van der Waals surface area contributed by atoms with E-state index in [1.165, 1.54) is 22.1 Å². The Kier molecular flexibility index (Phi) is 6.22. The van der Waals surface area contributed by atoms with Gasteiger partial charge in [0, 0.05) is 48.7 Å². The molecule has 0 amide bonds. The van der Waals surface area contributed by atoms with Crippen LogP contribution in [0.3, 0.4) is 0 Å². The smallest absolute Gasteiger partial charge is 0.129 e. The molecule has 0 radical (unpaired) electrons. The average Bonchev–Trinajstić information content (AvgIpc) is 3.26. The molecule has 29 heavy (non-hydrogen) atoms. The second-order valence-corrected chi connectivity index (χ2v) is 9.04. The van der Waals surface area contributed by atoms with Crippen LogP contribution < -0.4 is 5.73 Å². The van der Waals surface area contributed by atoms with Crippen molar-refractivity contribution in [2.75, 3.05) is 32.8 Å². The molecule has 4 nitrogen and oxygen atoms in total. The summed E-state index contributed by atoms with van der Waals surface area (Å²) in [4.78, 5) is 3.58. The van der Waals surface area contributed by atoms with Crippen molar-refractivity contribution >= 4 is 11.9 Å². The number of benzene rings is 1. The largest absolute Gasteiger partial charge is 0.370 e. The molecule has 7 heteroatoms. The van der Waals surface area contributed by atoms with Crippen LogP contribution in [0.15, 0.2) is 53.0 Å². The van der Waals surface area contributed by atoms with Gasteiger partial charge in [-0.25, -0.2) is 13.1 Å². The van der Waals surface area contributed by atoms with Crippen molar-refractivity contribution in [1.29, 1.82) is 0 Å². The number of ether oxygens (including phenoxy) is 1. The van der Waals surface area contributed by atoms with E-state index < -0.39 is 17.7 Å². The van der Waals surface area contributed by atoms with Crippen LogP contribution >= 0.6 is 11.9 Å². The third-order valence-corrected chi connectivity index (χ3v) is 7.05. The zero-order chi connectivity index (χ0) is 20.5. The third-order valence-electron chi connectivity index (χ3n) is 5.92. The number of nitrogens with two attached hydrogens (primary N) is 1. The fraction of sp³-hybridized carbons (Fsp3) is 0.455. The molecule has 1 saturated heterocycles. The minimum atomic E-state index is -0.602. The first kappa shape index (κ1) is 20.8. The number of nitrogens with zero attached hydrogens (tertiary/aromatic N) is 2. The topological polar surface area (TPSA) is 41.7 Å². The highest BCUT2D eigenvalue weighted by atomic mass is 32.2. The number of hydrogen-bond donors (Lipinski definition) is 1. The van der Waals surface area contributed by atoms with Gasteiger partial charge in [-0.2, -0.15) is 0 Å². The first-order chi connectivity index (χ1) is 14.0. The van der Waals surface area contributed by atoms with Gasteiger partial charge in [-0.3, -0.25) is 4.90 Å². The van der Waals surface area contributed by atoms with Crippen molar-refractivity contribution < 1.29 is 13.5 Å². The molecule has 0 aromatic heterocycles. The van der Waals surface area contributed by atoms with E-state index in [9.17, 15) is 8.78 Å². The summed E-state index contributed by atoms with van der Waals surface area (Å²) in [6, 6.07) is 3.28. The Morgan fingerprint density at radius 2 is 1.97 bits per heavy atom. The molecule has 0 saturated carbocycles. The molecular formula is C22H27F2N3OS. The van der Waals surface area contributed by atoms with Crippen molar-refractivity contribution in [2.45, 2.75) is 31.5 Å². The predicted octanol–water partition coefficient (Wildman–Crippen LogP) is 3.79. The highest BCUT2D eigenvalue weighted by molar-refractivity contribution is 8.01. The highest BCUT2D eigenvalue weighted by Crippen LogP contribution is 2.36. The molecule has 1 aromatic carbocycles. The minimum Gasteiger partial charge on any atom is -0.370 e. The Morgan fingerprint density at radius 3 is 2.59 bits per heavy atom. The zero-order valence-corrected chi connectivity index (χ0v) is 17.4. The van der Waals surface area contributed by atoms with Crippen LogP contribution in [-0.2, 0) is 4.74 Å². The molecule has 0 spiro atoms. The molecule has 156 valence electrons. The Balaban J connectivity index is 1.33. The first-order valence-electron chi connectivity index (χ1n) is 9.96. The molecule has 2 N–H and O–H groups in total. The van der Waals surface area contributed by atoms with Gasteiger partial charge in [0.15, 0.2) is 0 Å². The van der Waals surface area contributed by atoms with Gasteiger partial charge in [0.05, 0.1) is 6.61 Å². The molecule has 3 aliphatic rings. The van der Waals surface area contributed by atoms with Gasteiger partial charge < -0.3 is 10.5 Å². The molecule has 2 unspecified atom stereocenters. The van der Waals surface area contributed by atoms with Gasteiger partial charge in [-0.05, 0) is 54.6 Å². The lowest BCUT2D eigenvalue weighted by Gasteiger charge is -2.39. The Labute approximate surface area is 175 Å². The van der Waals surface area contributed by atoms with E-state index in [-0.39, 0.29) is 17.6 Å². The standard InChI is InChI=1S/C22H27F2N3OS/c1-3-18(4-2)29-27-11-14-9-26(10-15(14)12-27)17-8-21(25)22(28-13-17)19-7-16(23)5-6-20(19)24/h3-7,17,21-22H,1,8-13,25H2,2H3/b18-4+/t17?,21?,22-/m1/s1. The van der Waals surface area contributed by atoms with E-state index in [0.717, 1.165) is 38.3 Å². The second-order valence-electron chi connectivity index (χ2n) is 7.87. The highest BCUT2D eigenvalue weighted by Gasteiger charge is 2.38. The lowest BCUT2D eigenvalue weighted by molar-refractivity contribution is -0.0467. The van der Waals surface area contributed by atoms with Crippen molar-refractivity contribution in [2.24, 2.45) is 5.73 Å². The fourth-order valence-electron chi connectivity index (χ4n) is 4.41. The maximum atomic E-state index is 14.1. The van der Waals surface area contributed by atoms with Gasteiger partial charge >= 0.3 is 0 Å². The van der Waals surface area contributed by atoms with E-state index in [2.05, 4.69) is 21.9 Å². The molecule has 0 bridgehead atoms. The minimum absolute atomic E-state index is 0.198. The quantitative estimate of drug-likeness (QED) is 0.447. The SMILES string of the molecule is C=C/C(=C\C)SN1CC2=C(C1)CN(C1CO[C@H](c3cc(F)ccc3F)C(N)C1)C2. The van der Waals surface area contributed by atoms with Gasteiger partial charge in [-0.1, -0.05) is 18.7 Å². The number of allylic oxidation sites excluding steroid dienone is 2.